The van der Waals surface area contributed by atoms with Crippen molar-refractivity contribution in [2.75, 3.05) is 9.80 Å². The molecule has 0 spiro atoms. The molecule has 0 unspecified atom stereocenters. The summed E-state index contributed by atoms with van der Waals surface area (Å²) in [6, 6.07) is 54.3. The highest BCUT2D eigenvalue weighted by Crippen LogP contribution is 2.52. The van der Waals surface area contributed by atoms with Crippen LogP contribution in [-0.2, 0) is 10.8 Å². The highest BCUT2D eigenvalue weighted by Gasteiger charge is 2.38. The van der Waals surface area contributed by atoms with Crippen LogP contribution in [0, 0.1) is 0 Å². The molecule has 8 rings (SSSR count). The molecule has 0 bridgehead atoms. The second kappa shape index (κ2) is 10.6. The van der Waals surface area contributed by atoms with E-state index in [0.29, 0.717) is 0 Å². The van der Waals surface area contributed by atoms with Crippen LogP contribution in [0.2, 0.25) is 13.1 Å². The molecule has 2 aliphatic rings. The van der Waals surface area contributed by atoms with E-state index in [9.17, 15) is 0 Å². The number of fused-ring (bicyclic) bond motifs is 4. The topological polar surface area (TPSA) is 6.48 Å². The van der Waals surface area contributed by atoms with E-state index in [1.807, 2.05) is 0 Å². The lowest BCUT2D eigenvalue weighted by molar-refractivity contribution is 0.632. The number of hydrogen-bond donors (Lipinski definition) is 0. The fraction of sp³-hybridized carbons (Fsp3) is 0.182. The second-order valence-corrected chi connectivity index (χ2v) is 19.1. The third-order valence-corrected chi connectivity index (χ3v) is 14.5. The summed E-state index contributed by atoms with van der Waals surface area (Å²) in [6.45, 7) is 14.3. The third-order valence-electron chi connectivity index (χ3n) is 11.0. The van der Waals surface area contributed by atoms with Gasteiger partial charge in [0.15, 0.2) is 0 Å². The van der Waals surface area contributed by atoms with E-state index in [0.717, 1.165) is 0 Å². The summed E-state index contributed by atoms with van der Waals surface area (Å²) in [5.74, 6) is 0. The Labute approximate surface area is 281 Å². The van der Waals surface area contributed by atoms with Gasteiger partial charge in [0.05, 0.1) is 22.7 Å². The van der Waals surface area contributed by atoms with Crippen molar-refractivity contribution < 1.29 is 0 Å². The van der Waals surface area contributed by atoms with E-state index in [1.165, 1.54) is 66.8 Å². The molecule has 232 valence electrons. The molecule has 0 N–H and O–H groups in total. The average Bonchev–Trinajstić information content (AvgIpc) is 3.09. The van der Waals surface area contributed by atoms with Gasteiger partial charge in [-0.15, -0.1) is 0 Å². The van der Waals surface area contributed by atoms with E-state index in [1.54, 1.807) is 0 Å². The minimum absolute atomic E-state index is 0.0563. The van der Waals surface area contributed by atoms with Gasteiger partial charge in [-0.25, -0.2) is 0 Å². The largest absolute Gasteiger partial charge is 0.310 e. The number of hydrogen-bond acceptors (Lipinski definition) is 2. The molecule has 0 aromatic heterocycles. The van der Waals surface area contributed by atoms with Crippen LogP contribution in [0.4, 0.5) is 34.1 Å². The van der Waals surface area contributed by atoms with Crippen molar-refractivity contribution in [2.24, 2.45) is 0 Å². The Bertz CT molecular complexity index is 1870. The molecule has 0 saturated heterocycles. The first-order valence-corrected chi connectivity index (χ1v) is 19.8. The SMILES string of the molecule is CC1(C)c2ccccc2N(c2ccc([Si](C)(C)c3ccc(N4c5ccccc5C(C)(C)c5ccccc54)cc3)cc2)c2ccccc21. The maximum atomic E-state index is 2.47. The fourth-order valence-corrected chi connectivity index (χ4v) is 10.4. The molecular formula is C44H42N2Si. The standard InChI is InChI=1S/C44H42N2Si/c1-43(2)35-15-7-11-19-39(35)45(40-20-12-8-16-36(40)43)31-23-27-33(28-24-31)47(5,6)34-29-25-32(26-30-34)46-41-21-13-9-17-37(41)44(3,4)38-18-10-14-22-42(38)46/h7-30H,1-6H3. The Hall–Kier alpha value is -4.86. The normalized spacial score (nSPS) is 15.7. The van der Waals surface area contributed by atoms with Crippen molar-refractivity contribution in [1.82, 2.24) is 0 Å². The van der Waals surface area contributed by atoms with Crippen molar-refractivity contribution in [3.05, 3.63) is 168 Å². The van der Waals surface area contributed by atoms with E-state index in [2.05, 4.69) is 196 Å². The van der Waals surface area contributed by atoms with Gasteiger partial charge in [-0.1, -0.05) is 148 Å². The predicted octanol–water partition coefficient (Wildman–Crippen LogP) is 10.7. The molecule has 3 heteroatoms. The molecular weight excluding hydrogens is 585 g/mol. The van der Waals surface area contributed by atoms with Crippen LogP contribution in [-0.4, -0.2) is 8.07 Å². The van der Waals surface area contributed by atoms with Crippen molar-refractivity contribution in [3.8, 4) is 0 Å². The monoisotopic (exact) mass is 626 g/mol. The maximum absolute atomic E-state index is 2.47. The lowest BCUT2D eigenvalue weighted by atomic mass is 9.73. The number of benzene rings is 6. The van der Waals surface area contributed by atoms with Gasteiger partial charge < -0.3 is 9.80 Å². The van der Waals surface area contributed by atoms with Crippen molar-refractivity contribution in [3.63, 3.8) is 0 Å². The van der Waals surface area contributed by atoms with Crippen molar-refractivity contribution in [2.45, 2.75) is 51.6 Å². The van der Waals surface area contributed by atoms with Crippen LogP contribution >= 0.6 is 0 Å². The quantitative estimate of drug-likeness (QED) is 0.180. The maximum Gasteiger partial charge on any atom is 0.112 e. The Morgan fingerprint density at radius 3 is 0.894 bits per heavy atom. The minimum Gasteiger partial charge on any atom is -0.310 e. The molecule has 2 nitrogen and oxygen atoms in total. The molecule has 6 aromatic rings. The van der Waals surface area contributed by atoms with E-state index >= 15 is 0 Å². The van der Waals surface area contributed by atoms with Gasteiger partial charge >= 0.3 is 0 Å². The van der Waals surface area contributed by atoms with Crippen LogP contribution in [0.3, 0.4) is 0 Å². The third kappa shape index (κ3) is 4.44. The molecule has 6 aromatic carbocycles. The number of para-hydroxylation sites is 4. The summed E-state index contributed by atoms with van der Waals surface area (Å²) in [5, 5.41) is 2.87. The predicted molar refractivity (Wildman–Crippen MR) is 203 cm³/mol. The van der Waals surface area contributed by atoms with Crippen molar-refractivity contribution >= 4 is 52.6 Å². The molecule has 47 heavy (non-hydrogen) atoms. The van der Waals surface area contributed by atoms with Crippen molar-refractivity contribution in [1.29, 1.82) is 0 Å². The van der Waals surface area contributed by atoms with Gasteiger partial charge in [-0.2, -0.15) is 0 Å². The van der Waals surface area contributed by atoms with E-state index < -0.39 is 8.07 Å². The van der Waals surface area contributed by atoms with Crippen LogP contribution in [0.5, 0.6) is 0 Å². The highest BCUT2D eigenvalue weighted by molar-refractivity contribution is 7.00. The van der Waals surface area contributed by atoms with Gasteiger partial charge in [0, 0.05) is 22.2 Å². The zero-order valence-corrected chi connectivity index (χ0v) is 29.3. The number of nitrogens with zero attached hydrogens (tertiary/aromatic N) is 2. The molecule has 0 radical (unpaired) electrons. The Kier molecular flexibility index (Phi) is 6.65. The summed E-state index contributed by atoms with van der Waals surface area (Å²) >= 11 is 0. The molecule has 2 aliphatic heterocycles. The van der Waals surface area contributed by atoms with Gasteiger partial charge in [0.1, 0.15) is 8.07 Å². The van der Waals surface area contributed by atoms with Crippen LogP contribution in [0.25, 0.3) is 0 Å². The van der Waals surface area contributed by atoms with E-state index in [4.69, 9.17) is 0 Å². The first kappa shape index (κ1) is 29.5. The Morgan fingerprint density at radius 2 is 0.617 bits per heavy atom. The first-order valence-electron chi connectivity index (χ1n) is 16.8. The summed E-state index contributed by atoms with van der Waals surface area (Å²) in [7, 11) is -1.97. The Morgan fingerprint density at radius 1 is 0.362 bits per heavy atom. The fourth-order valence-electron chi connectivity index (χ4n) is 8.12. The smallest absolute Gasteiger partial charge is 0.112 e. The summed E-state index contributed by atoms with van der Waals surface area (Å²) in [4.78, 5) is 4.89. The Balaban J connectivity index is 1.14. The van der Waals surface area contributed by atoms with Gasteiger partial charge in [0.2, 0.25) is 0 Å². The van der Waals surface area contributed by atoms with Crippen LogP contribution in [0.15, 0.2) is 146 Å². The lowest BCUT2D eigenvalue weighted by Crippen LogP contribution is -2.52. The van der Waals surface area contributed by atoms with Crippen LogP contribution < -0.4 is 20.2 Å². The van der Waals surface area contributed by atoms with Crippen LogP contribution in [0.1, 0.15) is 49.9 Å². The molecule has 0 aliphatic carbocycles. The first-order chi connectivity index (χ1) is 22.6. The molecule has 2 heterocycles. The number of rotatable bonds is 4. The van der Waals surface area contributed by atoms with Gasteiger partial charge in [-0.3, -0.25) is 0 Å². The van der Waals surface area contributed by atoms with E-state index in [-0.39, 0.29) is 10.8 Å². The van der Waals surface area contributed by atoms with Gasteiger partial charge in [0.25, 0.3) is 0 Å². The number of anilines is 6. The summed E-state index contributed by atoms with van der Waals surface area (Å²) in [5.41, 5.74) is 12.8. The molecule has 0 saturated carbocycles. The lowest BCUT2D eigenvalue weighted by Gasteiger charge is -2.42. The summed E-state index contributed by atoms with van der Waals surface area (Å²) < 4.78 is 0. The highest BCUT2D eigenvalue weighted by atomic mass is 28.3. The average molecular weight is 627 g/mol. The minimum atomic E-state index is -1.97. The summed E-state index contributed by atoms with van der Waals surface area (Å²) in [6.07, 6.45) is 0. The van der Waals surface area contributed by atoms with Gasteiger partial charge in [-0.05, 0) is 70.8 Å². The zero-order chi connectivity index (χ0) is 32.6. The zero-order valence-electron chi connectivity index (χ0n) is 28.3. The molecule has 0 atom stereocenters. The second-order valence-electron chi connectivity index (χ2n) is 14.7. The molecule has 0 amide bonds. The molecule has 0 fully saturated rings.